The van der Waals surface area contributed by atoms with Crippen molar-refractivity contribution in [2.75, 3.05) is 30.8 Å². The molecule has 0 radical (unpaired) electrons. The molecule has 204 valence electrons. The Labute approximate surface area is 233 Å². The summed E-state index contributed by atoms with van der Waals surface area (Å²) < 4.78 is 31.9. The van der Waals surface area contributed by atoms with E-state index >= 15 is 0 Å². The molecular weight excluding hydrogens is 561 g/mol. The number of ether oxygens (including phenoxy) is 1. The summed E-state index contributed by atoms with van der Waals surface area (Å²) in [6, 6.07) is 8.51. The predicted molar refractivity (Wildman–Crippen MR) is 149 cm³/mol. The zero-order valence-electron chi connectivity index (χ0n) is 21.3. The van der Waals surface area contributed by atoms with Crippen LogP contribution in [0.4, 0.5) is 5.69 Å². The lowest BCUT2D eigenvalue weighted by Gasteiger charge is -2.33. The van der Waals surface area contributed by atoms with Crippen LogP contribution in [0.1, 0.15) is 38.7 Å². The summed E-state index contributed by atoms with van der Waals surface area (Å²) in [6.07, 6.45) is 2.93. The molecule has 0 aliphatic carbocycles. The first-order valence-electron chi connectivity index (χ1n) is 11.8. The fourth-order valence-electron chi connectivity index (χ4n) is 3.73. The topological polar surface area (TPSA) is 96.0 Å². The number of nitrogens with zero attached hydrogens (tertiary/aromatic N) is 2. The van der Waals surface area contributed by atoms with Crippen LogP contribution in [0.15, 0.2) is 36.4 Å². The number of anilines is 1. The van der Waals surface area contributed by atoms with Crippen LogP contribution >= 0.6 is 34.8 Å². The van der Waals surface area contributed by atoms with E-state index in [0.29, 0.717) is 22.2 Å². The average molecular weight is 593 g/mol. The molecule has 2 aromatic rings. The van der Waals surface area contributed by atoms with Crippen molar-refractivity contribution in [2.45, 2.75) is 45.7 Å². The molecule has 0 saturated heterocycles. The van der Waals surface area contributed by atoms with Crippen LogP contribution in [0.2, 0.25) is 15.1 Å². The first-order chi connectivity index (χ1) is 17.4. The molecule has 0 saturated carbocycles. The molecule has 0 heterocycles. The minimum absolute atomic E-state index is 0.0959. The maximum Gasteiger partial charge on any atom is 0.244 e. The summed E-state index contributed by atoms with van der Waals surface area (Å²) >= 11 is 18.9. The number of hydrogen-bond acceptors (Lipinski definition) is 5. The predicted octanol–water partition coefficient (Wildman–Crippen LogP) is 5.15. The summed E-state index contributed by atoms with van der Waals surface area (Å²) in [5.41, 5.74) is 0.548. The third-order valence-corrected chi connectivity index (χ3v) is 7.76. The van der Waals surface area contributed by atoms with Gasteiger partial charge in [-0.15, -0.1) is 0 Å². The van der Waals surface area contributed by atoms with Crippen LogP contribution in [0.5, 0.6) is 5.75 Å². The standard InChI is InChI=1S/C25H32Cl3N3O5S/c1-5-7-13-29-25(33)21(6-2)30(15-18-19(27)9-8-10-20(18)28)24(32)16-31(37(4,34)35)22-14-17(26)11-12-23(22)36-3/h8-12,14,21H,5-7,13,15-16H2,1-4H3,(H,29,33)/t21-/m0/s1. The summed E-state index contributed by atoms with van der Waals surface area (Å²) in [4.78, 5) is 28.2. The molecule has 0 fully saturated rings. The van der Waals surface area contributed by atoms with Crippen molar-refractivity contribution in [1.29, 1.82) is 0 Å². The Hall–Kier alpha value is -2.20. The molecule has 37 heavy (non-hydrogen) atoms. The van der Waals surface area contributed by atoms with Gasteiger partial charge in [0.1, 0.15) is 18.3 Å². The molecule has 1 atom stereocenters. The number of benzene rings is 2. The Morgan fingerprint density at radius 3 is 2.27 bits per heavy atom. The second kappa shape index (κ2) is 14.1. The van der Waals surface area contributed by atoms with Crippen LogP contribution in [0.3, 0.4) is 0 Å². The summed E-state index contributed by atoms with van der Waals surface area (Å²) in [5.74, 6) is -0.757. The molecule has 0 bridgehead atoms. The van der Waals surface area contributed by atoms with E-state index in [4.69, 9.17) is 39.5 Å². The molecule has 0 unspecified atom stereocenters. The van der Waals surface area contributed by atoms with Gasteiger partial charge < -0.3 is 15.0 Å². The molecule has 12 heteroatoms. The minimum Gasteiger partial charge on any atom is -0.495 e. The number of hydrogen-bond donors (Lipinski definition) is 1. The van der Waals surface area contributed by atoms with Gasteiger partial charge in [0, 0.05) is 33.7 Å². The van der Waals surface area contributed by atoms with Crippen molar-refractivity contribution in [2.24, 2.45) is 0 Å². The fraction of sp³-hybridized carbons (Fsp3) is 0.440. The second-order valence-corrected chi connectivity index (χ2v) is 11.5. The molecule has 0 aliphatic heterocycles. The lowest BCUT2D eigenvalue weighted by Crippen LogP contribution is -2.52. The van der Waals surface area contributed by atoms with Gasteiger partial charge in [0.05, 0.1) is 19.1 Å². The smallest absolute Gasteiger partial charge is 0.244 e. The molecule has 1 N–H and O–H groups in total. The Morgan fingerprint density at radius 2 is 1.73 bits per heavy atom. The van der Waals surface area contributed by atoms with Crippen LogP contribution in [0, 0.1) is 0 Å². The lowest BCUT2D eigenvalue weighted by atomic mass is 10.1. The molecular formula is C25H32Cl3N3O5S. The fourth-order valence-corrected chi connectivity index (χ4v) is 5.26. The number of methoxy groups -OCH3 is 1. The monoisotopic (exact) mass is 591 g/mol. The van der Waals surface area contributed by atoms with Crippen LogP contribution in [0.25, 0.3) is 0 Å². The average Bonchev–Trinajstić information content (AvgIpc) is 2.83. The molecule has 2 amide bonds. The van der Waals surface area contributed by atoms with E-state index in [1.165, 1.54) is 24.1 Å². The highest BCUT2D eigenvalue weighted by Gasteiger charge is 2.33. The highest BCUT2D eigenvalue weighted by molar-refractivity contribution is 7.92. The van der Waals surface area contributed by atoms with Crippen molar-refractivity contribution in [3.8, 4) is 5.75 Å². The van der Waals surface area contributed by atoms with Crippen molar-refractivity contribution >= 4 is 62.3 Å². The first kappa shape index (κ1) is 31.0. The largest absolute Gasteiger partial charge is 0.495 e. The number of carbonyl (C=O) groups excluding carboxylic acids is 2. The molecule has 2 rings (SSSR count). The minimum atomic E-state index is -3.96. The third kappa shape index (κ3) is 8.40. The van der Waals surface area contributed by atoms with Crippen molar-refractivity contribution in [3.05, 3.63) is 57.0 Å². The van der Waals surface area contributed by atoms with Crippen LogP contribution in [-0.2, 0) is 26.2 Å². The van der Waals surface area contributed by atoms with E-state index in [2.05, 4.69) is 5.32 Å². The van der Waals surface area contributed by atoms with E-state index in [9.17, 15) is 18.0 Å². The Bertz CT molecular complexity index is 1190. The molecule has 0 aliphatic rings. The number of sulfonamides is 1. The van der Waals surface area contributed by atoms with E-state index in [0.717, 1.165) is 23.4 Å². The summed E-state index contributed by atoms with van der Waals surface area (Å²) in [7, 11) is -2.58. The van der Waals surface area contributed by atoms with Gasteiger partial charge in [0.15, 0.2) is 0 Å². The van der Waals surface area contributed by atoms with Gasteiger partial charge in [-0.2, -0.15) is 0 Å². The normalized spacial score (nSPS) is 12.1. The van der Waals surface area contributed by atoms with Gasteiger partial charge in [-0.3, -0.25) is 13.9 Å². The summed E-state index contributed by atoms with van der Waals surface area (Å²) in [6.45, 7) is 3.53. The van der Waals surface area contributed by atoms with E-state index in [-0.39, 0.29) is 35.3 Å². The van der Waals surface area contributed by atoms with Gasteiger partial charge >= 0.3 is 0 Å². The highest BCUT2D eigenvalue weighted by Crippen LogP contribution is 2.33. The van der Waals surface area contributed by atoms with E-state index < -0.39 is 28.5 Å². The first-order valence-corrected chi connectivity index (χ1v) is 14.7. The maximum atomic E-state index is 13.8. The second-order valence-electron chi connectivity index (χ2n) is 8.38. The molecule has 0 aromatic heterocycles. The number of halogens is 3. The van der Waals surface area contributed by atoms with E-state index in [1.54, 1.807) is 31.2 Å². The zero-order valence-corrected chi connectivity index (χ0v) is 24.3. The van der Waals surface area contributed by atoms with Crippen molar-refractivity contribution < 1.29 is 22.7 Å². The SMILES string of the molecule is CCCCNC(=O)[C@H](CC)N(Cc1c(Cl)cccc1Cl)C(=O)CN(c1cc(Cl)ccc1OC)S(C)(=O)=O. The summed E-state index contributed by atoms with van der Waals surface area (Å²) in [5, 5.41) is 3.76. The molecule has 0 spiro atoms. The number of unbranched alkanes of at least 4 members (excludes halogenated alkanes) is 1. The van der Waals surface area contributed by atoms with Gasteiger partial charge in [0.25, 0.3) is 0 Å². The number of amides is 2. The lowest BCUT2D eigenvalue weighted by molar-refractivity contribution is -0.140. The van der Waals surface area contributed by atoms with E-state index in [1.807, 2.05) is 6.92 Å². The van der Waals surface area contributed by atoms with Crippen LogP contribution in [-0.4, -0.2) is 57.6 Å². The number of carbonyl (C=O) groups is 2. The van der Waals surface area contributed by atoms with Crippen LogP contribution < -0.4 is 14.4 Å². The maximum absolute atomic E-state index is 13.8. The van der Waals surface area contributed by atoms with Gasteiger partial charge in [-0.05, 0) is 43.2 Å². The molecule has 2 aromatic carbocycles. The van der Waals surface area contributed by atoms with Gasteiger partial charge in [-0.25, -0.2) is 8.42 Å². The van der Waals surface area contributed by atoms with Gasteiger partial charge in [0.2, 0.25) is 21.8 Å². The zero-order chi connectivity index (χ0) is 27.8. The van der Waals surface area contributed by atoms with Crippen molar-refractivity contribution in [3.63, 3.8) is 0 Å². The number of nitrogens with one attached hydrogen (secondary N) is 1. The molecule has 8 nitrogen and oxygen atoms in total. The van der Waals surface area contributed by atoms with Gasteiger partial charge in [-0.1, -0.05) is 61.1 Å². The van der Waals surface area contributed by atoms with Crippen molar-refractivity contribution in [1.82, 2.24) is 10.2 Å². The Kier molecular flexibility index (Phi) is 11.8. The quantitative estimate of drug-likeness (QED) is 0.325. The Balaban J connectivity index is 2.53. The number of rotatable bonds is 13. The Morgan fingerprint density at radius 1 is 1.08 bits per heavy atom. The third-order valence-electron chi connectivity index (χ3n) is 5.69. The highest BCUT2D eigenvalue weighted by atomic mass is 35.5.